The molecule has 2 aliphatic rings. The molecule has 0 bridgehead atoms. The molecule has 5 nitrogen and oxygen atoms in total. The molecule has 1 atom stereocenters. The molecule has 25 heavy (non-hydrogen) atoms. The monoisotopic (exact) mass is 344 g/mol. The third kappa shape index (κ3) is 3.87. The fraction of sp³-hybridized carbons (Fsp3) is 0.600. The van der Waals surface area contributed by atoms with E-state index in [9.17, 15) is 9.59 Å². The van der Waals surface area contributed by atoms with Crippen molar-refractivity contribution in [3.8, 4) is 0 Å². The summed E-state index contributed by atoms with van der Waals surface area (Å²) in [6.07, 6.45) is 4.15. The minimum absolute atomic E-state index is 0.0169. The Morgan fingerprint density at radius 3 is 2.60 bits per heavy atom. The minimum Gasteiger partial charge on any atom is -0.396 e. The Labute approximate surface area is 149 Å². The lowest BCUT2D eigenvalue weighted by Crippen LogP contribution is -2.42. The number of unbranched alkanes of at least 4 members (excludes halogenated alkanes) is 1. The maximum absolute atomic E-state index is 12.9. The van der Waals surface area contributed by atoms with Crippen molar-refractivity contribution in [3.05, 3.63) is 29.3 Å². The summed E-state index contributed by atoms with van der Waals surface area (Å²) in [5.41, 5.74) is 3.25. The van der Waals surface area contributed by atoms with Crippen molar-refractivity contribution in [2.24, 2.45) is 5.92 Å². The number of aliphatic hydroxyl groups is 1. The fourth-order valence-corrected chi connectivity index (χ4v) is 3.51. The van der Waals surface area contributed by atoms with Gasteiger partial charge in [-0.1, -0.05) is 6.07 Å². The van der Waals surface area contributed by atoms with Crippen LogP contribution in [-0.2, 0) is 9.59 Å². The molecule has 2 amide bonds. The zero-order chi connectivity index (χ0) is 18.0. The number of nitrogens with zero attached hydrogens (tertiary/aromatic N) is 2. The highest BCUT2D eigenvalue weighted by Crippen LogP contribution is 2.32. The Kier molecular flexibility index (Phi) is 5.42. The van der Waals surface area contributed by atoms with Gasteiger partial charge in [-0.3, -0.25) is 9.59 Å². The van der Waals surface area contributed by atoms with Gasteiger partial charge in [0.1, 0.15) is 5.92 Å². The first kappa shape index (κ1) is 17.9. The van der Waals surface area contributed by atoms with Crippen LogP contribution in [0.4, 0.5) is 5.69 Å². The molecule has 5 heteroatoms. The van der Waals surface area contributed by atoms with Crippen molar-refractivity contribution in [1.82, 2.24) is 4.90 Å². The highest BCUT2D eigenvalue weighted by molar-refractivity contribution is 6.09. The second-order valence-electron chi connectivity index (χ2n) is 7.29. The molecule has 136 valence electrons. The largest absolute Gasteiger partial charge is 0.396 e. The van der Waals surface area contributed by atoms with Crippen LogP contribution in [0.1, 0.15) is 43.2 Å². The van der Waals surface area contributed by atoms with Gasteiger partial charge < -0.3 is 14.9 Å². The van der Waals surface area contributed by atoms with Gasteiger partial charge in [0.2, 0.25) is 11.8 Å². The highest BCUT2D eigenvalue weighted by atomic mass is 16.3. The second kappa shape index (κ2) is 7.56. The fourth-order valence-electron chi connectivity index (χ4n) is 3.51. The molecule has 1 unspecified atom stereocenters. The van der Waals surface area contributed by atoms with Gasteiger partial charge in [0, 0.05) is 31.4 Å². The van der Waals surface area contributed by atoms with Crippen LogP contribution in [0.2, 0.25) is 0 Å². The van der Waals surface area contributed by atoms with E-state index in [1.165, 1.54) is 5.56 Å². The second-order valence-corrected chi connectivity index (χ2v) is 7.29. The summed E-state index contributed by atoms with van der Waals surface area (Å²) < 4.78 is 0. The van der Waals surface area contributed by atoms with Gasteiger partial charge in [0.25, 0.3) is 0 Å². The lowest BCUT2D eigenvalue weighted by molar-refractivity contribution is -0.140. The number of benzene rings is 1. The summed E-state index contributed by atoms with van der Waals surface area (Å²) in [5, 5.41) is 8.96. The van der Waals surface area contributed by atoms with Crippen LogP contribution in [0.15, 0.2) is 18.2 Å². The predicted molar refractivity (Wildman–Crippen MR) is 97.4 cm³/mol. The van der Waals surface area contributed by atoms with Crippen LogP contribution in [0.25, 0.3) is 0 Å². The first-order chi connectivity index (χ1) is 12.0. The molecule has 1 saturated carbocycles. The number of hydrogen-bond acceptors (Lipinski definition) is 3. The van der Waals surface area contributed by atoms with Crippen LogP contribution in [0, 0.1) is 19.8 Å². The number of carbonyl (C=O) groups is 2. The van der Waals surface area contributed by atoms with Crippen molar-refractivity contribution >= 4 is 17.5 Å². The molecule has 2 fully saturated rings. The Morgan fingerprint density at radius 2 is 1.96 bits per heavy atom. The number of anilines is 1. The Balaban J connectivity index is 1.69. The zero-order valence-electron chi connectivity index (χ0n) is 15.2. The third-order valence-corrected chi connectivity index (χ3v) is 5.38. The van der Waals surface area contributed by atoms with E-state index in [4.69, 9.17) is 5.11 Å². The van der Waals surface area contributed by atoms with Crippen LogP contribution in [0.5, 0.6) is 0 Å². The minimum atomic E-state index is -0.545. The maximum atomic E-state index is 12.9. The number of hydrogen-bond donors (Lipinski definition) is 1. The SMILES string of the molecule is Cc1ccc(N2CCC(C(=O)N(CCCCO)C3CC3)C2=O)cc1C. The van der Waals surface area contributed by atoms with Gasteiger partial charge in [-0.05, 0) is 69.2 Å². The topological polar surface area (TPSA) is 60.9 Å². The molecule has 0 spiro atoms. The third-order valence-electron chi connectivity index (χ3n) is 5.38. The molecule has 1 aromatic carbocycles. The van der Waals surface area contributed by atoms with Gasteiger partial charge in [-0.2, -0.15) is 0 Å². The van der Waals surface area contributed by atoms with Crippen molar-refractivity contribution in [3.63, 3.8) is 0 Å². The standard InChI is InChI=1S/C20H28N2O3/c1-14-5-6-17(13-15(14)2)22-11-9-18(20(22)25)19(24)21(16-7-8-16)10-3-4-12-23/h5-6,13,16,18,23H,3-4,7-12H2,1-2H3. The van der Waals surface area contributed by atoms with Crippen molar-refractivity contribution < 1.29 is 14.7 Å². The number of aliphatic hydroxyl groups excluding tert-OH is 1. The van der Waals surface area contributed by atoms with Crippen LogP contribution in [-0.4, -0.2) is 47.6 Å². The maximum Gasteiger partial charge on any atom is 0.239 e. The number of aryl methyl sites for hydroxylation is 2. The zero-order valence-corrected chi connectivity index (χ0v) is 15.2. The van der Waals surface area contributed by atoms with E-state index in [0.29, 0.717) is 32.0 Å². The first-order valence-corrected chi connectivity index (χ1v) is 9.33. The van der Waals surface area contributed by atoms with E-state index in [1.54, 1.807) is 4.90 Å². The van der Waals surface area contributed by atoms with Gasteiger partial charge in [0.05, 0.1) is 0 Å². The van der Waals surface area contributed by atoms with Gasteiger partial charge in [-0.25, -0.2) is 0 Å². The molecule has 0 aromatic heterocycles. The van der Waals surface area contributed by atoms with Crippen molar-refractivity contribution in [1.29, 1.82) is 0 Å². The summed E-state index contributed by atoms with van der Waals surface area (Å²) in [5.74, 6) is -0.630. The number of amides is 2. The molecule has 1 aliphatic heterocycles. The van der Waals surface area contributed by atoms with E-state index in [1.807, 2.05) is 30.0 Å². The highest BCUT2D eigenvalue weighted by Gasteiger charge is 2.43. The number of rotatable bonds is 7. The average molecular weight is 344 g/mol. The molecule has 1 N–H and O–H groups in total. The van der Waals surface area contributed by atoms with Crippen molar-refractivity contribution in [2.45, 2.75) is 52.0 Å². The first-order valence-electron chi connectivity index (χ1n) is 9.33. The van der Waals surface area contributed by atoms with E-state index in [0.717, 1.165) is 30.5 Å². The quantitative estimate of drug-likeness (QED) is 0.610. The molecule has 1 saturated heterocycles. The average Bonchev–Trinajstić information content (AvgIpc) is 3.36. The Morgan fingerprint density at radius 1 is 1.20 bits per heavy atom. The molecule has 1 heterocycles. The number of carbonyl (C=O) groups excluding carboxylic acids is 2. The van der Waals surface area contributed by atoms with E-state index in [-0.39, 0.29) is 18.4 Å². The van der Waals surface area contributed by atoms with Gasteiger partial charge in [-0.15, -0.1) is 0 Å². The summed E-state index contributed by atoms with van der Waals surface area (Å²) in [6.45, 7) is 5.50. The Bertz CT molecular complexity index is 654. The lowest BCUT2D eigenvalue weighted by atomic mass is 10.1. The van der Waals surface area contributed by atoms with Gasteiger partial charge >= 0.3 is 0 Å². The summed E-state index contributed by atoms with van der Waals surface area (Å²) in [4.78, 5) is 29.5. The summed E-state index contributed by atoms with van der Waals surface area (Å²) >= 11 is 0. The Hall–Kier alpha value is -1.88. The normalized spacial score (nSPS) is 20.2. The van der Waals surface area contributed by atoms with Gasteiger partial charge in [0.15, 0.2) is 0 Å². The van der Waals surface area contributed by atoms with E-state index < -0.39 is 5.92 Å². The van der Waals surface area contributed by atoms with Crippen LogP contribution < -0.4 is 4.90 Å². The molecular formula is C20H28N2O3. The van der Waals surface area contributed by atoms with E-state index >= 15 is 0 Å². The van der Waals surface area contributed by atoms with E-state index in [2.05, 4.69) is 6.92 Å². The summed E-state index contributed by atoms with van der Waals surface area (Å²) in [7, 11) is 0. The molecule has 1 aliphatic carbocycles. The molecule has 3 rings (SSSR count). The molecule has 0 radical (unpaired) electrons. The van der Waals surface area contributed by atoms with Crippen molar-refractivity contribution in [2.75, 3.05) is 24.6 Å². The smallest absolute Gasteiger partial charge is 0.239 e. The van der Waals surface area contributed by atoms with Crippen LogP contribution in [0.3, 0.4) is 0 Å². The van der Waals surface area contributed by atoms with Crippen LogP contribution >= 0.6 is 0 Å². The summed E-state index contributed by atoms with van der Waals surface area (Å²) in [6, 6.07) is 6.32. The predicted octanol–water partition coefficient (Wildman–Crippen LogP) is 2.42. The lowest BCUT2D eigenvalue weighted by Gasteiger charge is -2.25. The molecular weight excluding hydrogens is 316 g/mol. The molecule has 1 aromatic rings.